The molecular formula is C23H42BNO. The van der Waals surface area contributed by atoms with Crippen LogP contribution in [0, 0.1) is 6.92 Å². The van der Waals surface area contributed by atoms with Gasteiger partial charge in [-0.1, -0.05) is 71.3 Å². The summed E-state index contributed by atoms with van der Waals surface area (Å²) < 4.78 is 0. The number of nitrogens with zero attached hydrogens (tertiary/aromatic N) is 1. The minimum atomic E-state index is -0.764. The van der Waals surface area contributed by atoms with Crippen molar-refractivity contribution in [3.8, 4) is 0 Å². The fraction of sp³-hybridized carbons (Fsp3) is 0.739. The average molecular weight is 359 g/mol. The van der Waals surface area contributed by atoms with Crippen LogP contribution in [0.2, 0.25) is 5.31 Å². The molecule has 0 aliphatic carbocycles. The smallest absolute Gasteiger partial charge is 0.137 e. The third-order valence-electron chi connectivity index (χ3n) is 6.45. The van der Waals surface area contributed by atoms with Crippen LogP contribution >= 0.6 is 0 Å². The van der Waals surface area contributed by atoms with E-state index in [0.29, 0.717) is 5.92 Å². The molecule has 3 heteroatoms. The lowest BCUT2D eigenvalue weighted by Gasteiger charge is -2.41. The summed E-state index contributed by atoms with van der Waals surface area (Å²) in [6.45, 7) is 13.5. The van der Waals surface area contributed by atoms with Crippen molar-refractivity contribution in [2.24, 2.45) is 0 Å². The second-order valence-corrected chi connectivity index (χ2v) is 8.69. The Labute approximate surface area is 163 Å². The maximum atomic E-state index is 11.3. The predicted octanol–water partition coefficient (Wildman–Crippen LogP) is 5.83. The van der Waals surface area contributed by atoms with Crippen LogP contribution in [-0.2, 0) is 0 Å². The molecule has 1 N–H and O–H groups in total. The molecule has 0 spiro atoms. The van der Waals surface area contributed by atoms with Crippen LogP contribution in [0.3, 0.4) is 0 Å². The molecule has 2 nitrogen and oxygen atoms in total. The number of anilines is 1. The lowest BCUT2D eigenvalue weighted by Crippen LogP contribution is -2.46. The molecule has 0 bridgehead atoms. The number of hydrogen-bond acceptors (Lipinski definition) is 2. The van der Waals surface area contributed by atoms with Crippen molar-refractivity contribution in [1.29, 1.82) is 0 Å². The zero-order chi connectivity index (χ0) is 20.0. The van der Waals surface area contributed by atoms with E-state index in [2.05, 4.69) is 79.5 Å². The Morgan fingerprint density at radius 3 is 2.27 bits per heavy atom. The standard InChI is InChI=1S/C23H42BNO/c1-8-12-17-23(26,11-4)25(7)21-15-13-14-19(18(21)5)20(10-3)22(6,24)16-9-2/h13-15,20,26H,8-12,16-17,24H2,1-7H3. The maximum absolute atomic E-state index is 11.3. The summed E-state index contributed by atoms with van der Waals surface area (Å²) in [5.74, 6) is 0.543. The van der Waals surface area contributed by atoms with Crippen LogP contribution in [0.15, 0.2) is 18.2 Å². The van der Waals surface area contributed by atoms with Gasteiger partial charge >= 0.3 is 0 Å². The number of unbranched alkanes of at least 4 members (excludes halogenated alkanes) is 1. The van der Waals surface area contributed by atoms with Gasteiger partial charge in [0.25, 0.3) is 0 Å². The summed E-state index contributed by atoms with van der Waals surface area (Å²) in [6, 6.07) is 6.65. The van der Waals surface area contributed by atoms with Crippen LogP contribution in [0.25, 0.3) is 0 Å². The Bertz CT molecular complexity index is 557. The number of aliphatic hydroxyl groups is 1. The zero-order valence-electron chi connectivity index (χ0n) is 18.7. The van der Waals surface area contributed by atoms with E-state index in [0.717, 1.165) is 32.1 Å². The van der Waals surface area contributed by atoms with Crippen LogP contribution in [0.1, 0.15) is 96.6 Å². The summed E-state index contributed by atoms with van der Waals surface area (Å²) in [5, 5.41) is 11.5. The van der Waals surface area contributed by atoms with Gasteiger partial charge in [-0.25, -0.2) is 0 Å². The monoisotopic (exact) mass is 359 g/mol. The Morgan fingerprint density at radius 2 is 1.77 bits per heavy atom. The molecule has 26 heavy (non-hydrogen) atoms. The zero-order valence-corrected chi connectivity index (χ0v) is 18.7. The molecule has 0 saturated heterocycles. The highest BCUT2D eigenvalue weighted by Crippen LogP contribution is 2.47. The van der Waals surface area contributed by atoms with Crippen LogP contribution in [0.4, 0.5) is 5.69 Å². The molecule has 3 atom stereocenters. The SMILES string of the molecule is BC(C)(CCC)C(CC)c1cccc(N(C)C(O)(CC)CCCC)c1C. The molecule has 148 valence electrons. The molecule has 3 unspecified atom stereocenters. The maximum Gasteiger partial charge on any atom is 0.137 e. The van der Waals surface area contributed by atoms with E-state index in [1.165, 1.54) is 29.7 Å². The summed E-state index contributed by atoms with van der Waals surface area (Å²) >= 11 is 0. The van der Waals surface area contributed by atoms with Crippen molar-refractivity contribution >= 4 is 13.5 Å². The van der Waals surface area contributed by atoms with E-state index in [1.54, 1.807) is 0 Å². The minimum absolute atomic E-state index is 0.286. The van der Waals surface area contributed by atoms with E-state index >= 15 is 0 Å². The van der Waals surface area contributed by atoms with E-state index < -0.39 is 5.72 Å². The Morgan fingerprint density at radius 1 is 1.12 bits per heavy atom. The van der Waals surface area contributed by atoms with Crippen LogP contribution < -0.4 is 4.90 Å². The minimum Gasteiger partial charge on any atom is -0.371 e. The Hall–Kier alpha value is -0.955. The van der Waals surface area contributed by atoms with Gasteiger partial charge in [0.2, 0.25) is 0 Å². The van der Waals surface area contributed by atoms with Crippen molar-refractivity contribution in [3.63, 3.8) is 0 Å². The fourth-order valence-corrected chi connectivity index (χ4v) is 4.66. The Kier molecular flexibility index (Phi) is 8.73. The second kappa shape index (κ2) is 9.83. The largest absolute Gasteiger partial charge is 0.371 e. The first kappa shape index (κ1) is 23.1. The lowest BCUT2D eigenvalue weighted by atomic mass is 9.56. The van der Waals surface area contributed by atoms with Crippen LogP contribution in [-0.4, -0.2) is 25.7 Å². The highest BCUT2D eigenvalue weighted by molar-refractivity contribution is 6.15. The topological polar surface area (TPSA) is 23.5 Å². The lowest BCUT2D eigenvalue weighted by molar-refractivity contribution is 0.0264. The van der Waals surface area contributed by atoms with E-state index in [1.807, 2.05) is 0 Å². The Balaban J connectivity index is 3.30. The highest BCUT2D eigenvalue weighted by atomic mass is 16.3. The first-order chi connectivity index (χ1) is 12.2. The van der Waals surface area contributed by atoms with E-state index in [-0.39, 0.29) is 5.31 Å². The first-order valence-corrected chi connectivity index (χ1v) is 10.7. The van der Waals surface area contributed by atoms with Gasteiger partial charge in [-0.2, -0.15) is 0 Å². The molecule has 1 aromatic carbocycles. The number of hydrogen-bond donors (Lipinski definition) is 1. The van der Waals surface area contributed by atoms with Crippen molar-refractivity contribution in [1.82, 2.24) is 0 Å². The summed E-state index contributed by atoms with van der Waals surface area (Å²) in [7, 11) is 4.47. The normalized spacial score (nSPS) is 17.4. The number of rotatable bonds is 11. The van der Waals surface area contributed by atoms with E-state index in [9.17, 15) is 5.11 Å². The molecule has 0 heterocycles. The molecule has 0 amide bonds. The molecule has 0 aromatic heterocycles. The van der Waals surface area contributed by atoms with Gasteiger partial charge in [0.1, 0.15) is 13.6 Å². The van der Waals surface area contributed by atoms with Gasteiger partial charge < -0.3 is 10.0 Å². The molecule has 0 aliphatic heterocycles. The molecule has 1 aromatic rings. The molecular weight excluding hydrogens is 317 g/mol. The van der Waals surface area contributed by atoms with Crippen LogP contribution in [0.5, 0.6) is 0 Å². The van der Waals surface area contributed by atoms with Crippen molar-refractivity contribution in [3.05, 3.63) is 29.3 Å². The summed E-state index contributed by atoms with van der Waals surface area (Å²) in [5.41, 5.74) is 3.19. The third kappa shape index (κ3) is 5.06. The number of benzene rings is 1. The molecule has 0 saturated carbocycles. The predicted molar refractivity (Wildman–Crippen MR) is 119 cm³/mol. The fourth-order valence-electron chi connectivity index (χ4n) is 4.66. The van der Waals surface area contributed by atoms with Gasteiger partial charge in [0, 0.05) is 12.7 Å². The van der Waals surface area contributed by atoms with Gasteiger partial charge in [0.15, 0.2) is 0 Å². The summed E-state index contributed by atoms with van der Waals surface area (Å²) in [4.78, 5) is 2.13. The second-order valence-electron chi connectivity index (χ2n) is 8.69. The summed E-state index contributed by atoms with van der Waals surface area (Å²) in [6.07, 6.45) is 7.32. The molecule has 0 aliphatic rings. The van der Waals surface area contributed by atoms with Gasteiger partial charge in [-0.05, 0) is 55.7 Å². The molecule has 1 rings (SSSR count). The highest BCUT2D eigenvalue weighted by Gasteiger charge is 2.33. The van der Waals surface area contributed by atoms with E-state index in [4.69, 9.17) is 0 Å². The molecule has 0 radical (unpaired) electrons. The van der Waals surface area contributed by atoms with Gasteiger partial charge in [-0.3, -0.25) is 0 Å². The first-order valence-electron chi connectivity index (χ1n) is 10.7. The average Bonchev–Trinajstić information content (AvgIpc) is 2.60. The quantitative estimate of drug-likeness (QED) is 0.397. The van der Waals surface area contributed by atoms with Crippen molar-refractivity contribution in [2.45, 2.75) is 103 Å². The van der Waals surface area contributed by atoms with Gasteiger partial charge in [-0.15, -0.1) is 0 Å². The third-order valence-corrected chi connectivity index (χ3v) is 6.45. The van der Waals surface area contributed by atoms with Gasteiger partial charge in [0.05, 0.1) is 0 Å². The molecule has 0 fully saturated rings. The van der Waals surface area contributed by atoms with Crippen molar-refractivity contribution in [2.75, 3.05) is 11.9 Å². The van der Waals surface area contributed by atoms with Crippen molar-refractivity contribution < 1.29 is 5.11 Å².